The van der Waals surface area contributed by atoms with Gasteiger partial charge in [-0.2, -0.15) is 5.10 Å². The van der Waals surface area contributed by atoms with E-state index in [0.717, 1.165) is 11.1 Å². The zero-order chi connectivity index (χ0) is 20.3. The standard InChI is InChI=1S/C20H18N4O4/c1-13-6-5-7-15(10-13)12-21-20(26)19-18(25)11-14(2)23(22-19)16-8-3-4-9-17(16)24(27)28/h3-11H,12H2,1-2H3,(H,21,26). The van der Waals surface area contributed by atoms with Gasteiger partial charge in [0, 0.05) is 24.4 Å². The van der Waals surface area contributed by atoms with E-state index in [9.17, 15) is 19.7 Å². The van der Waals surface area contributed by atoms with Gasteiger partial charge in [0.05, 0.1) is 4.92 Å². The summed E-state index contributed by atoms with van der Waals surface area (Å²) in [6.45, 7) is 3.78. The summed E-state index contributed by atoms with van der Waals surface area (Å²) in [5.74, 6) is -0.640. The van der Waals surface area contributed by atoms with E-state index in [1.54, 1.807) is 13.0 Å². The number of nitro groups is 1. The Labute approximate surface area is 160 Å². The maximum atomic E-state index is 12.5. The zero-order valence-corrected chi connectivity index (χ0v) is 15.4. The van der Waals surface area contributed by atoms with E-state index in [4.69, 9.17) is 0 Å². The number of nitro benzene ring substituents is 1. The Balaban J connectivity index is 1.95. The van der Waals surface area contributed by atoms with Crippen LogP contribution in [0.25, 0.3) is 5.69 Å². The van der Waals surface area contributed by atoms with Crippen molar-refractivity contribution in [1.82, 2.24) is 15.1 Å². The lowest BCUT2D eigenvalue weighted by atomic mass is 10.1. The van der Waals surface area contributed by atoms with Crippen molar-refractivity contribution in [3.8, 4) is 5.69 Å². The van der Waals surface area contributed by atoms with E-state index in [2.05, 4.69) is 10.4 Å². The SMILES string of the molecule is Cc1cccc(CNC(=O)c2nn(-c3ccccc3[N+](=O)[O-])c(C)cc2=O)c1. The fraction of sp³-hybridized carbons (Fsp3) is 0.150. The van der Waals surface area contributed by atoms with Crippen LogP contribution in [0, 0.1) is 24.0 Å². The molecule has 8 heteroatoms. The Morgan fingerprint density at radius 1 is 1.14 bits per heavy atom. The first-order valence-electron chi connectivity index (χ1n) is 8.55. The second kappa shape index (κ2) is 7.83. The second-order valence-electron chi connectivity index (χ2n) is 6.33. The van der Waals surface area contributed by atoms with Gasteiger partial charge < -0.3 is 5.32 Å². The molecule has 0 aliphatic heterocycles. The average Bonchev–Trinajstić information content (AvgIpc) is 2.66. The number of hydrogen-bond donors (Lipinski definition) is 1. The molecule has 0 spiro atoms. The Bertz CT molecular complexity index is 1120. The Morgan fingerprint density at radius 3 is 2.61 bits per heavy atom. The molecule has 8 nitrogen and oxygen atoms in total. The third-order valence-corrected chi connectivity index (χ3v) is 4.16. The van der Waals surface area contributed by atoms with Gasteiger partial charge in [-0.1, -0.05) is 42.0 Å². The Morgan fingerprint density at radius 2 is 1.89 bits per heavy atom. The minimum Gasteiger partial charge on any atom is -0.346 e. The van der Waals surface area contributed by atoms with Gasteiger partial charge >= 0.3 is 0 Å². The van der Waals surface area contributed by atoms with Crippen molar-refractivity contribution < 1.29 is 9.72 Å². The van der Waals surface area contributed by atoms with Gasteiger partial charge in [-0.15, -0.1) is 0 Å². The Kier molecular flexibility index (Phi) is 5.30. The van der Waals surface area contributed by atoms with Crippen molar-refractivity contribution in [3.05, 3.63) is 97.4 Å². The van der Waals surface area contributed by atoms with Crippen LogP contribution in [0.3, 0.4) is 0 Å². The molecule has 0 bridgehead atoms. The van der Waals surface area contributed by atoms with E-state index in [0.29, 0.717) is 5.69 Å². The largest absolute Gasteiger partial charge is 0.346 e. The summed E-state index contributed by atoms with van der Waals surface area (Å²) in [4.78, 5) is 35.6. The third-order valence-electron chi connectivity index (χ3n) is 4.16. The smallest absolute Gasteiger partial charge is 0.294 e. The summed E-state index contributed by atoms with van der Waals surface area (Å²) in [5, 5.41) is 18.1. The fourth-order valence-corrected chi connectivity index (χ4v) is 2.83. The van der Waals surface area contributed by atoms with Crippen molar-refractivity contribution in [2.45, 2.75) is 20.4 Å². The van der Waals surface area contributed by atoms with Crippen LogP contribution in [-0.2, 0) is 6.54 Å². The lowest BCUT2D eigenvalue weighted by Crippen LogP contribution is -2.31. The number of nitrogens with one attached hydrogen (secondary N) is 1. The molecule has 1 aromatic heterocycles. The van der Waals surface area contributed by atoms with Crippen LogP contribution in [0.1, 0.15) is 27.3 Å². The number of para-hydroxylation sites is 2. The van der Waals surface area contributed by atoms with Gasteiger partial charge in [0.15, 0.2) is 5.69 Å². The van der Waals surface area contributed by atoms with Gasteiger partial charge in [0.2, 0.25) is 5.43 Å². The quantitative estimate of drug-likeness (QED) is 0.542. The second-order valence-corrected chi connectivity index (χ2v) is 6.33. The van der Waals surface area contributed by atoms with Crippen LogP contribution in [0.4, 0.5) is 5.69 Å². The molecule has 1 N–H and O–H groups in total. The van der Waals surface area contributed by atoms with Crippen LogP contribution in [0.15, 0.2) is 59.4 Å². The molecule has 28 heavy (non-hydrogen) atoms. The predicted molar refractivity (Wildman–Crippen MR) is 104 cm³/mol. The number of hydrogen-bond acceptors (Lipinski definition) is 5. The lowest BCUT2D eigenvalue weighted by Gasteiger charge is -2.11. The molecule has 0 fully saturated rings. The minimum atomic E-state index is -0.640. The van der Waals surface area contributed by atoms with Gasteiger partial charge in [-0.05, 0) is 25.5 Å². The highest BCUT2D eigenvalue weighted by Crippen LogP contribution is 2.22. The summed E-state index contributed by atoms with van der Waals surface area (Å²) in [7, 11) is 0. The molecule has 3 aromatic rings. The Hall–Kier alpha value is -3.81. The molecule has 1 heterocycles. The summed E-state index contributed by atoms with van der Waals surface area (Å²) >= 11 is 0. The number of rotatable bonds is 5. The molecular weight excluding hydrogens is 360 g/mol. The van der Waals surface area contributed by atoms with Gasteiger partial charge in [0.25, 0.3) is 11.6 Å². The molecule has 0 saturated carbocycles. The zero-order valence-electron chi connectivity index (χ0n) is 15.4. The highest BCUT2D eigenvalue weighted by atomic mass is 16.6. The first-order valence-corrected chi connectivity index (χ1v) is 8.55. The molecule has 3 rings (SSSR count). The predicted octanol–water partition coefficient (Wildman–Crippen LogP) is 2.69. The molecule has 2 aromatic carbocycles. The molecule has 1 amide bonds. The minimum absolute atomic E-state index is 0.173. The van der Waals surface area contributed by atoms with Gasteiger partial charge in [0.1, 0.15) is 5.69 Å². The van der Waals surface area contributed by atoms with Crippen molar-refractivity contribution in [3.63, 3.8) is 0 Å². The summed E-state index contributed by atoms with van der Waals surface area (Å²) in [5.41, 5.74) is 1.46. The van der Waals surface area contributed by atoms with E-state index in [-0.39, 0.29) is 23.6 Å². The van der Waals surface area contributed by atoms with E-state index >= 15 is 0 Å². The number of benzene rings is 2. The number of aryl methyl sites for hydroxylation is 2. The number of aromatic nitrogens is 2. The van der Waals surface area contributed by atoms with Crippen molar-refractivity contribution in [1.29, 1.82) is 0 Å². The van der Waals surface area contributed by atoms with Crippen molar-refractivity contribution >= 4 is 11.6 Å². The summed E-state index contributed by atoms with van der Waals surface area (Å²) < 4.78 is 1.24. The molecule has 0 aliphatic carbocycles. The number of nitrogens with zero attached hydrogens (tertiary/aromatic N) is 3. The van der Waals surface area contributed by atoms with Gasteiger partial charge in [-0.3, -0.25) is 19.7 Å². The maximum absolute atomic E-state index is 12.5. The molecule has 0 unspecified atom stereocenters. The highest BCUT2D eigenvalue weighted by Gasteiger charge is 2.20. The summed E-state index contributed by atoms with van der Waals surface area (Å²) in [6.07, 6.45) is 0. The average molecular weight is 378 g/mol. The van der Waals surface area contributed by atoms with Crippen LogP contribution < -0.4 is 10.7 Å². The molecule has 0 radical (unpaired) electrons. The normalized spacial score (nSPS) is 10.5. The third kappa shape index (κ3) is 3.96. The van der Waals surface area contributed by atoms with Crippen LogP contribution >= 0.6 is 0 Å². The maximum Gasteiger partial charge on any atom is 0.294 e. The topological polar surface area (TPSA) is 107 Å². The summed E-state index contributed by atoms with van der Waals surface area (Å²) in [6, 6.07) is 14.9. The number of amides is 1. The molecular formula is C20H18N4O4. The first kappa shape index (κ1) is 19.0. The lowest BCUT2D eigenvalue weighted by molar-refractivity contribution is -0.384. The van der Waals surface area contributed by atoms with Crippen LogP contribution in [-0.4, -0.2) is 20.6 Å². The fourth-order valence-electron chi connectivity index (χ4n) is 2.83. The van der Waals surface area contributed by atoms with E-state index < -0.39 is 16.3 Å². The van der Waals surface area contributed by atoms with E-state index in [1.807, 2.05) is 31.2 Å². The number of carbonyl (C=O) groups is 1. The molecule has 142 valence electrons. The highest BCUT2D eigenvalue weighted by molar-refractivity contribution is 5.92. The van der Waals surface area contributed by atoms with Crippen molar-refractivity contribution in [2.75, 3.05) is 0 Å². The van der Waals surface area contributed by atoms with Crippen LogP contribution in [0.5, 0.6) is 0 Å². The van der Waals surface area contributed by atoms with Crippen molar-refractivity contribution in [2.24, 2.45) is 0 Å². The molecule has 0 aliphatic rings. The van der Waals surface area contributed by atoms with Gasteiger partial charge in [-0.25, -0.2) is 4.68 Å². The van der Waals surface area contributed by atoms with E-state index in [1.165, 1.54) is 28.9 Å². The molecule has 0 saturated heterocycles. The van der Waals surface area contributed by atoms with Crippen LogP contribution in [0.2, 0.25) is 0 Å². The first-order chi connectivity index (χ1) is 13.4. The monoisotopic (exact) mass is 378 g/mol. The number of carbonyl (C=O) groups excluding carboxylic acids is 1. The molecule has 0 atom stereocenters.